The average molecular weight is 332 g/mol. The van der Waals surface area contributed by atoms with E-state index in [0.29, 0.717) is 23.2 Å². The van der Waals surface area contributed by atoms with E-state index in [9.17, 15) is 5.11 Å². The van der Waals surface area contributed by atoms with Crippen molar-refractivity contribution in [1.82, 2.24) is 24.9 Å². The molecule has 8 nitrogen and oxygen atoms in total. The predicted molar refractivity (Wildman–Crippen MR) is 88.5 cm³/mol. The van der Waals surface area contributed by atoms with Crippen LogP contribution >= 0.6 is 0 Å². The topological polar surface area (TPSA) is 111 Å². The molecular weight excluding hydrogens is 308 g/mol. The SMILES string of the molecule is CCC[C@H](C)Oc1nc(N)c2ncc(C(O)C3[C@H]4CNC[C@@H]34)n2n1. The summed E-state index contributed by atoms with van der Waals surface area (Å²) in [6, 6.07) is 0.227. The quantitative estimate of drug-likeness (QED) is 0.716. The first-order valence-electron chi connectivity index (χ1n) is 8.66. The first-order valence-corrected chi connectivity index (χ1v) is 8.66. The number of nitrogen functional groups attached to an aromatic ring is 1. The Morgan fingerprint density at radius 2 is 2.21 bits per heavy atom. The van der Waals surface area contributed by atoms with E-state index < -0.39 is 6.10 Å². The Morgan fingerprint density at radius 3 is 2.92 bits per heavy atom. The number of rotatable bonds is 6. The van der Waals surface area contributed by atoms with Crippen LogP contribution in [0.3, 0.4) is 0 Å². The highest BCUT2D eigenvalue weighted by molar-refractivity contribution is 5.59. The second-order valence-corrected chi connectivity index (χ2v) is 6.92. The molecule has 0 spiro atoms. The average Bonchev–Trinajstić information content (AvgIpc) is 2.89. The Bertz CT molecular complexity index is 737. The number of nitrogens with zero attached hydrogens (tertiary/aromatic N) is 4. The first kappa shape index (κ1) is 15.6. The molecule has 1 saturated heterocycles. The van der Waals surface area contributed by atoms with Gasteiger partial charge < -0.3 is 20.9 Å². The van der Waals surface area contributed by atoms with Gasteiger partial charge in [-0.25, -0.2) is 9.50 Å². The third-order valence-electron chi connectivity index (χ3n) is 5.22. The van der Waals surface area contributed by atoms with Gasteiger partial charge in [0.15, 0.2) is 11.5 Å². The number of aliphatic hydroxyl groups is 1. The third kappa shape index (κ3) is 2.50. The Hall–Kier alpha value is -1.93. The van der Waals surface area contributed by atoms with Gasteiger partial charge in [-0.15, -0.1) is 5.10 Å². The zero-order valence-corrected chi connectivity index (χ0v) is 14.0. The molecule has 2 unspecified atom stereocenters. The van der Waals surface area contributed by atoms with Crippen molar-refractivity contribution in [2.24, 2.45) is 17.8 Å². The molecule has 24 heavy (non-hydrogen) atoms. The summed E-state index contributed by atoms with van der Waals surface area (Å²) in [7, 11) is 0. The normalized spacial score (nSPS) is 27.9. The number of aromatic nitrogens is 4. The number of hydrogen-bond acceptors (Lipinski definition) is 7. The summed E-state index contributed by atoms with van der Waals surface area (Å²) >= 11 is 0. The van der Waals surface area contributed by atoms with E-state index >= 15 is 0 Å². The Labute approximate surface area is 140 Å². The van der Waals surface area contributed by atoms with Crippen LogP contribution in [0.5, 0.6) is 6.01 Å². The van der Waals surface area contributed by atoms with E-state index in [2.05, 4.69) is 27.3 Å². The summed E-state index contributed by atoms with van der Waals surface area (Å²) in [6.45, 7) is 6.03. The molecule has 130 valence electrons. The van der Waals surface area contributed by atoms with Crippen molar-refractivity contribution in [2.75, 3.05) is 18.8 Å². The summed E-state index contributed by atoms with van der Waals surface area (Å²) in [5.74, 6) is 1.63. The minimum Gasteiger partial charge on any atom is -0.459 e. The fourth-order valence-corrected chi connectivity index (χ4v) is 3.93. The molecule has 5 atom stereocenters. The highest BCUT2D eigenvalue weighted by Crippen LogP contribution is 2.55. The molecule has 1 saturated carbocycles. The first-order chi connectivity index (χ1) is 11.6. The van der Waals surface area contributed by atoms with E-state index in [0.717, 1.165) is 25.9 Å². The second-order valence-electron chi connectivity index (χ2n) is 6.92. The third-order valence-corrected chi connectivity index (χ3v) is 5.22. The molecule has 2 fully saturated rings. The lowest BCUT2D eigenvalue weighted by atomic mass is 10.1. The van der Waals surface area contributed by atoms with Crippen molar-refractivity contribution >= 4 is 11.5 Å². The number of fused-ring (bicyclic) bond motifs is 2. The van der Waals surface area contributed by atoms with Crippen LogP contribution in [0.1, 0.15) is 38.5 Å². The van der Waals surface area contributed by atoms with Crippen molar-refractivity contribution in [3.63, 3.8) is 0 Å². The fourth-order valence-electron chi connectivity index (χ4n) is 3.93. The highest BCUT2D eigenvalue weighted by atomic mass is 16.5. The van der Waals surface area contributed by atoms with Gasteiger partial charge in [-0.05, 0) is 44.2 Å². The van der Waals surface area contributed by atoms with Crippen LogP contribution in [-0.4, -0.2) is 43.9 Å². The lowest BCUT2D eigenvalue weighted by Crippen LogP contribution is -2.19. The Morgan fingerprint density at radius 1 is 1.46 bits per heavy atom. The molecule has 4 N–H and O–H groups in total. The summed E-state index contributed by atoms with van der Waals surface area (Å²) in [6.07, 6.45) is 3.00. The number of anilines is 1. The number of ether oxygens (including phenoxy) is 1. The second kappa shape index (κ2) is 5.86. The summed E-state index contributed by atoms with van der Waals surface area (Å²) in [5, 5.41) is 18.5. The predicted octanol–water partition coefficient (Wildman–Crippen LogP) is 0.773. The van der Waals surface area contributed by atoms with Gasteiger partial charge in [0.1, 0.15) is 6.10 Å². The van der Waals surface area contributed by atoms with Crippen LogP contribution in [0.25, 0.3) is 5.65 Å². The lowest BCUT2D eigenvalue weighted by molar-refractivity contribution is 0.131. The van der Waals surface area contributed by atoms with Crippen LogP contribution < -0.4 is 15.8 Å². The molecule has 1 aliphatic heterocycles. The van der Waals surface area contributed by atoms with Crippen molar-refractivity contribution in [1.29, 1.82) is 0 Å². The zero-order valence-electron chi connectivity index (χ0n) is 14.0. The molecular formula is C16H24N6O2. The zero-order chi connectivity index (χ0) is 16.8. The standard InChI is InChI=1S/C16H24N6O2/c1-3-4-8(2)24-16-20-14(17)15-19-7-11(22(15)21-16)13(23)12-9-5-18-6-10(9)12/h7-10,12-13,18,23H,3-6H2,1-2H3,(H2,17,20,21)/t8-,9-,10+,12?,13?/m0/s1. The minimum absolute atomic E-state index is 0.0117. The largest absolute Gasteiger partial charge is 0.459 e. The maximum absolute atomic E-state index is 10.8. The van der Waals surface area contributed by atoms with Crippen molar-refractivity contribution in [3.8, 4) is 6.01 Å². The van der Waals surface area contributed by atoms with Crippen LogP contribution in [-0.2, 0) is 0 Å². The van der Waals surface area contributed by atoms with E-state index in [-0.39, 0.29) is 23.9 Å². The molecule has 3 heterocycles. The van der Waals surface area contributed by atoms with Crippen LogP contribution in [0.15, 0.2) is 6.20 Å². The van der Waals surface area contributed by atoms with Crippen LogP contribution in [0.4, 0.5) is 5.82 Å². The molecule has 2 aromatic rings. The van der Waals surface area contributed by atoms with Crippen LogP contribution in [0.2, 0.25) is 0 Å². The summed E-state index contributed by atoms with van der Waals surface area (Å²) in [4.78, 5) is 8.47. The van der Waals surface area contributed by atoms with Crippen molar-refractivity contribution in [2.45, 2.75) is 38.9 Å². The summed E-state index contributed by atoms with van der Waals surface area (Å²) in [5.41, 5.74) is 7.12. The van der Waals surface area contributed by atoms with Gasteiger partial charge >= 0.3 is 6.01 Å². The van der Waals surface area contributed by atoms with E-state index in [1.54, 1.807) is 10.7 Å². The molecule has 4 rings (SSSR count). The van der Waals surface area contributed by atoms with E-state index in [1.165, 1.54) is 0 Å². The van der Waals surface area contributed by atoms with Gasteiger partial charge in [-0.3, -0.25) is 0 Å². The van der Waals surface area contributed by atoms with Gasteiger partial charge in [0.25, 0.3) is 0 Å². The Kier molecular flexibility index (Phi) is 3.80. The minimum atomic E-state index is -0.590. The maximum Gasteiger partial charge on any atom is 0.336 e. The molecule has 1 aliphatic carbocycles. The Balaban J connectivity index is 1.63. The summed E-state index contributed by atoms with van der Waals surface area (Å²) < 4.78 is 7.34. The highest BCUT2D eigenvalue weighted by Gasteiger charge is 2.56. The van der Waals surface area contributed by atoms with Gasteiger partial charge in [0, 0.05) is 0 Å². The number of nitrogens with two attached hydrogens (primary N) is 1. The number of piperidine rings is 1. The lowest BCUT2D eigenvalue weighted by Gasteiger charge is -2.14. The molecule has 0 aromatic carbocycles. The fraction of sp³-hybridized carbons (Fsp3) is 0.688. The van der Waals surface area contributed by atoms with Crippen LogP contribution in [0, 0.1) is 17.8 Å². The van der Waals surface area contributed by atoms with E-state index in [4.69, 9.17) is 10.5 Å². The van der Waals surface area contributed by atoms with E-state index in [1.807, 2.05) is 6.92 Å². The van der Waals surface area contributed by atoms with Crippen molar-refractivity contribution < 1.29 is 9.84 Å². The van der Waals surface area contributed by atoms with Gasteiger partial charge in [0.05, 0.1) is 18.0 Å². The number of hydrogen-bond donors (Lipinski definition) is 3. The number of aliphatic hydroxyl groups excluding tert-OH is 1. The number of nitrogens with one attached hydrogen (secondary N) is 1. The molecule has 2 aliphatic rings. The maximum atomic E-state index is 10.8. The van der Waals surface area contributed by atoms with Gasteiger partial charge in [-0.2, -0.15) is 4.98 Å². The monoisotopic (exact) mass is 332 g/mol. The molecule has 0 bridgehead atoms. The molecule has 0 amide bonds. The molecule has 0 radical (unpaired) electrons. The molecule has 8 heteroatoms. The smallest absolute Gasteiger partial charge is 0.336 e. The van der Waals surface area contributed by atoms with Crippen molar-refractivity contribution in [3.05, 3.63) is 11.9 Å². The molecule has 2 aromatic heterocycles. The van der Waals surface area contributed by atoms with Gasteiger partial charge in [0.2, 0.25) is 0 Å². The number of imidazole rings is 1. The van der Waals surface area contributed by atoms with Gasteiger partial charge in [-0.1, -0.05) is 13.3 Å².